The molecule has 0 aliphatic heterocycles. The van der Waals surface area contributed by atoms with Crippen molar-refractivity contribution in [1.29, 1.82) is 0 Å². The second-order valence-electron chi connectivity index (χ2n) is 4.44. The minimum Gasteiger partial charge on any atom is -0.330 e. The first-order chi connectivity index (χ1) is 7.19. The van der Waals surface area contributed by atoms with E-state index >= 15 is 0 Å². The van der Waals surface area contributed by atoms with Crippen LogP contribution in [0, 0.1) is 5.92 Å². The van der Waals surface area contributed by atoms with E-state index < -0.39 is 0 Å². The van der Waals surface area contributed by atoms with Gasteiger partial charge < -0.3 is 5.73 Å². The largest absolute Gasteiger partial charge is 0.330 e. The molecule has 0 bridgehead atoms. The summed E-state index contributed by atoms with van der Waals surface area (Å²) in [6.07, 6.45) is 2.23. The molecule has 2 N–H and O–H groups in total. The van der Waals surface area contributed by atoms with E-state index in [0.717, 1.165) is 19.4 Å². The topological polar surface area (TPSA) is 26.0 Å². The lowest BCUT2D eigenvalue weighted by Crippen LogP contribution is -2.12. The summed E-state index contributed by atoms with van der Waals surface area (Å²) in [6, 6.07) is 9.00. The van der Waals surface area contributed by atoms with E-state index in [2.05, 4.69) is 45.0 Å². The molecular formula is C14H23N. The van der Waals surface area contributed by atoms with Gasteiger partial charge in [-0.25, -0.2) is 0 Å². The third-order valence-electron chi connectivity index (χ3n) is 3.39. The number of aryl methyl sites for hydroxylation is 1. The van der Waals surface area contributed by atoms with Crippen molar-refractivity contribution < 1.29 is 0 Å². The molecule has 84 valence electrons. The van der Waals surface area contributed by atoms with Gasteiger partial charge >= 0.3 is 0 Å². The SMILES string of the molecule is CCc1ccc(C(C)C(C)CCN)cc1. The first kappa shape index (κ1) is 12.3. The molecule has 1 rings (SSSR count). The highest BCUT2D eigenvalue weighted by Crippen LogP contribution is 2.26. The Morgan fingerprint density at radius 1 is 1.13 bits per heavy atom. The van der Waals surface area contributed by atoms with Crippen LogP contribution < -0.4 is 5.73 Å². The first-order valence-electron chi connectivity index (χ1n) is 5.98. The van der Waals surface area contributed by atoms with Crippen molar-refractivity contribution >= 4 is 0 Å². The minimum atomic E-state index is 0.611. The molecule has 1 heteroatoms. The molecule has 2 unspecified atom stereocenters. The van der Waals surface area contributed by atoms with Crippen LogP contribution in [0.3, 0.4) is 0 Å². The quantitative estimate of drug-likeness (QED) is 0.784. The summed E-state index contributed by atoms with van der Waals surface area (Å²) in [5.41, 5.74) is 8.44. The Morgan fingerprint density at radius 3 is 2.20 bits per heavy atom. The third-order valence-corrected chi connectivity index (χ3v) is 3.39. The van der Waals surface area contributed by atoms with Crippen LogP contribution in [-0.4, -0.2) is 6.54 Å². The molecule has 2 atom stereocenters. The van der Waals surface area contributed by atoms with E-state index in [0.29, 0.717) is 11.8 Å². The van der Waals surface area contributed by atoms with Gasteiger partial charge in [-0.15, -0.1) is 0 Å². The number of rotatable bonds is 5. The van der Waals surface area contributed by atoms with Crippen LogP contribution in [0.4, 0.5) is 0 Å². The zero-order valence-electron chi connectivity index (χ0n) is 10.2. The van der Waals surface area contributed by atoms with Crippen LogP contribution in [0.2, 0.25) is 0 Å². The van der Waals surface area contributed by atoms with E-state index in [1.165, 1.54) is 11.1 Å². The maximum absolute atomic E-state index is 5.59. The molecule has 0 saturated heterocycles. The van der Waals surface area contributed by atoms with E-state index in [9.17, 15) is 0 Å². The van der Waals surface area contributed by atoms with Gasteiger partial charge in [-0.1, -0.05) is 45.0 Å². The van der Waals surface area contributed by atoms with Crippen molar-refractivity contribution in [1.82, 2.24) is 0 Å². The van der Waals surface area contributed by atoms with Gasteiger partial charge in [-0.3, -0.25) is 0 Å². The molecule has 0 fully saturated rings. The molecule has 0 spiro atoms. The van der Waals surface area contributed by atoms with E-state index in [-0.39, 0.29) is 0 Å². The zero-order chi connectivity index (χ0) is 11.3. The molecule has 0 amide bonds. The Labute approximate surface area is 93.7 Å². The van der Waals surface area contributed by atoms with Crippen LogP contribution >= 0.6 is 0 Å². The van der Waals surface area contributed by atoms with Gasteiger partial charge in [0.2, 0.25) is 0 Å². The Kier molecular flexibility index (Phi) is 4.83. The van der Waals surface area contributed by atoms with Gasteiger partial charge in [0.15, 0.2) is 0 Å². The van der Waals surface area contributed by atoms with Gasteiger partial charge in [-0.05, 0) is 42.3 Å². The van der Waals surface area contributed by atoms with Crippen molar-refractivity contribution in [3.8, 4) is 0 Å². The molecule has 0 radical (unpaired) electrons. The second-order valence-corrected chi connectivity index (χ2v) is 4.44. The average Bonchev–Trinajstić information content (AvgIpc) is 2.28. The third kappa shape index (κ3) is 3.35. The lowest BCUT2D eigenvalue weighted by molar-refractivity contribution is 0.459. The number of hydrogen-bond acceptors (Lipinski definition) is 1. The Hall–Kier alpha value is -0.820. The fourth-order valence-electron chi connectivity index (χ4n) is 1.90. The van der Waals surface area contributed by atoms with Crippen molar-refractivity contribution in [2.24, 2.45) is 11.7 Å². The Bertz CT molecular complexity index is 276. The smallest absolute Gasteiger partial charge is 0.00745 e. The predicted molar refractivity (Wildman–Crippen MR) is 67.1 cm³/mol. The second kappa shape index (κ2) is 5.92. The summed E-state index contributed by atoms with van der Waals surface area (Å²) in [6.45, 7) is 7.56. The van der Waals surface area contributed by atoms with Crippen molar-refractivity contribution in [3.63, 3.8) is 0 Å². The van der Waals surface area contributed by atoms with E-state index in [1.807, 2.05) is 0 Å². The summed E-state index contributed by atoms with van der Waals surface area (Å²) in [5, 5.41) is 0. The average molecular weight is 205 g/mol. The highest BCUT2D eigenvalue weighted by atomic mass is 14.5. The summed E-state index contributed by atoms with van der Waals surface area (Å²) < 4.78 is 0. The molecule has 1 nitrogen and oxygen atoms in total. The highest BCUT2D eigenvalue weighted by molar-refractivity contribution is 5.25. The fourth-order valence-corrected chi connectivity index (χ4v) is 1.90. The van der Waals surface area contributed by atoms with Crippen molar-refractivity contribution in [2.75, 3.05) is 6.54 Å². The summed E-state index contributed by atoms with van der Waals surface area (Å²) in [4.78, 5) is 0. The molecular weight excluding hydrogens is 182 g/mol. The maximum atomic E-state index is 5.59. The van der Waals surface area contributed by atoms with E-state index in [4.69, 9.17) is 5.73 Å². The summed E-state index contributed by atoms with van der Waals surface area (Å²) in [5.74, 6) is 1.28. The molecule has 0 saturated carbocycles. The Balaban J connectivity index is 2.69. The van der Waals surface area contributed by atoms with Crippen LogP contribution in [0.5, 0.6) is 0 Å². The van der Waals surface area contributed by atoms with Gasteiger partial charge in [0.05, 0.1) is 0 Å². The fraction of sp³-hybridized carbons (Fsp3) is 0.571. The first-order valence-corrected chi connectivity index (χ1v) is 5.98. The molecule has 0 aliphatic carbocycles. The zero-order valence-corrected chi connectivity index (χ0v) is 10.2. The van der Waals surface area contributed by atoms with Crippen LogP contribution in [0.15, 0.2) is 24.3 Å². The number of hydrogen-bond donors (Lipinski definition) is 1. The molecule has 1 aromatic carbocycles. The number of nitrogens with two attached hydrogens (primary N) is 1. The van der Waals surface area contributed by atoms with Gasteiger partial charge in [-0.2, -0.15) is 0 Å². The summed E-state index contributed by atoms with van der Waals surface area (Å²) >= 11 is 0. The Morgan fingerprint density at radius 2 is 1.73 bits per heavy atom. The van der Waals surface area contributed by atoms with Crippen LogP contribution in [-0.2, 0) is 6.42 Å². The van der Waals surface area contributed by atoms with Crippen molar-refractivity contribution in [2.45, 2.75) is 39.5 Å². The maximum Gasteiger partial charge on any atom is -0.00745 e. The van der Waals surface area contributed by atoms with Crippen LogP contribution in [0.1, 0.15) is 44.2 Å². The van der Waals surface area contributed by atoms with Gasteiger partial charge in [0.1, 0.15) is 0 Å². The number of benzene rings is 1. The predicted octanol–water partition coefficient (Wildman–Crippen LogP) is 3.34. The molecule has 0 aliphatic rings. The van der Waals surface area contributed by atoms with Crippen LogP contribution in [0.25, 0.3) is 0 Å². The van der Waals surface area contributed by atoms with Crippen molar-refractivity contribution in [3.05, 3.63) is 35.4 Å². The van der Waals surface area contributed by atoms with Gasteiger partial charge in [0, 0.05) is 0 Å². The monoisotopic (exact) mass is 205 g/mol. The summed E-state index contributed by atoms with van der Waals surface area (Å²) in [7, 11) is 0. The molecule has 0 heterocycles. The normalized spacial score (nSPS) is 14.9. The lowest BCUT2D eigenvalue weighted by Gasteiger charge is -2.19. The minimum absolute atomic E-state index is 0.611. The molecule has 0 aromatic heterocycles. The highest BCUT2D eigenvalue weighted by Gasteiger charge is 2.13. The van der Waals surface area contributed by atoms with E-state index in [1.54, 1.807) is 0 Å². The molecule has 15 heavy (non-hydrogen) atoms. The van der Waals surface area contributed by atoms with Gasteiger partial charge in [0.25, 0.3) is 0 Å². The lowest BCUT2D eigenvalue weighted by atomic mass is 9.86. The standard InChI is InChI=1S/C14H23N/c1-4-13-5-7-14(8-6-13)12(3)11(2)9-10-15/h5-8,11-12H,4,9-10,15H2,1-3H3. The molecule has 1 aromatic rings.